The molecule has 114 valence electrons. The zero-order valence-corrected chi connectivity index (χ0v) is 13.7. The average Bonchev–Trinajstić information content (AvgIpc) is 2.94. The van der Waals surface area contributed by atoms with Crippen molar-refractivity contribution in [3.63, 3.8) is 0 Å². The molecule has 5 nitrogen and oxygen atoms in total. The first-order valence-corrected chi connectivity index (χ1v) is 7.67. The number of hydrogen-bond acceptors (Lipinski definition) is 4. The van der Waals surface area contributed by atoms with Crippen LogP contribution >= 0.6 is 27.5 Å². The van der Waals surface area contributed by atoms with Crippen molar-refractivity contribution < 1.29 is 14.3 Å². The summed E-state index contributed by atoms with van der Waals surface area (Å²) in [4.78, 5) is 12.0. The Balaban J connectivity index is 1.61. The molecule has 0 bridgehead atoms. The summed E-state index contributed by atoms with van der Waals surface area (Å²) in [6.45, 7) is 0.292. The quantitative estimate of drug-likeness (QED) is 0.841. The third-order valence-electron chi connectivity index (χ3n) is 3.03. The van der Waals surface area contributed by atoms with Crippen LogP contribution in [0.1, 0.15) is 0 Å². The molecule has 1 amide bonds. The normalized spacial score (nSPS) is 12.1. The number of benzene rings is 2. The summed E-state index contributed by atoms with van der Waals surface area (Å²) in [6, 6.07) is 10.8. The van der Waals surface area contributed by atoms with E-state index in [9.17, 15) is 4.79 Å². The SMILES string of the molecule is O=C(CNc1ccc(Br)cc1)Nc1cc2c(cc1Cl)OCO2. The number of anilines is 2. The Morgan fingerprint density at radius 1 is 1.18 bits per heavy atom. The van der Waals surface area contributed by atoms with Crippen molar-refractivity contribution in [1.29, 1.82) is 0 Å². The first-order chi connectivity index (χ1) is 10.6. The number of amides is 1. The van der Waals surface area contributed by atoms with E-state index in [2.05, 4.69) is 26.6 Å². The van der Waals surface area contributed by atoms with E-state index in [1.165, 1.54) is 0 Å². The summed E-state index contributed by atoms with van der Waals surface area (Å²) < 4.78 is 11.5. The van der Waals surface area contributed by atoms with Crippen LogP contribution in [0.25, 0.3) is 0 Å². The lowest BCUT2D eigenvalue weighted by atomic mass is 10.2. The maximum Gasteiger partial charge on any atom is 0.243 e. The summed E-state index contributed by atoms with van der Waals surface area (Å²) in [5, 5.41) is 6.18. The van der Waals surface area contributed by atoms with Crippen LogP contribution in [0.2, 0.25) is 5.02 Å². The molecule has 0 radical (unpaired) electrons. The molecule has 1 heterocycles. The molecule has 0 aliphatic carbocycles. The van der Waals surface area contributed by atoms with Crippen LogP contribution in [0, 0.1) is 0 Å². The zero-order valence-electron chi connectivity index (χ0n) is 11.4. The minimum atomic E-state index is -0.205. The standard InChI is InChI=1S/C15H12BrClN2O3/c16-9-1-3-10(4-2-9)18-7-15(20)19-12-6-14-13(5-11(12)17)21-8-22-14/h1-6,18H,7-8H2,(H,19,20). The molecular formula is C15H12BrClN2O3. The van der Waals surface area contributed by atoms with Crippen molar-refractivity contribution in [2.45, 2.75) is 0 Å². The van der Waals surface area contributed by atoms with Gasteiger partial charge in [-0.1, -0.05) is 27.5 Å². The van der Waals surface area contributed by atoms with Gasteiger partial charge in [0.25, 0.3) is 0 Å². The lowest BCUT2D eigenvalue weighted by molar-refractivity contribution is -0.114. The van der Waals surface area contributed by atoms with Gasteiger partial charge in [0.15, 0.2) is 11.5 Å². The highest BCUT2D eigenvalue weighted by atomic mass is 79.9. The second-order valence-corrected chi connectivity index (χ2v) is 5.92. The predicted octanol–water partition coefficient (Wildman–Crippen LogP) is 3.88. The van der Waals surface area contributed by atoms with Gasteiger partial charge in [-0.2, -0.15) is 0 Å². The molecule has 0 aromatic heterocycles. The second kappa shape index (κ2) is 6.46. The maximum atomic E-state index is 12.0. The van der Waals surface area contributed by atoms with Gasteiger partial charge >= 0.3 is 0 Å². The van der Waals surface area contributed by atoms with Crippen LogP contribution in [0.4, 0.5) is 11.4 Å². The van der Waals surface area contributed by atoms with Gasteiger partial charge in [-0.3, -0.25) is 4.79 Å². The number of halogens is 2. The van der Waals surface area contributed by atoms with Gasteiger partial charge in [0.05, 0.1) is 17.3 Å². The minimum Gasteiger partial charge on any atom is -0.454 e. The van der Waals surface area contributed by atoms with Crippen LogP contribution in [0.5, 0.6) is 11.5 Å². The van der Waals surface area contributed by atoms with Gasteiger partial charge in [0.1, 0.15) is 0 Å². The molecule has 1 aliphatic rings. The third-order valence-corrected chi connectivity index (χ3v) is 3.88. The zero-order chi connectivity index (χ0) is 15.5. The molecule has 2 aromatic carbocycles. The van der Waals surface area contributed by atoms with Crippen LogP contribution in [-0.4, -0.2) is 19.2 Å². The van der Waals surface area contributed by atoms with E-state index in [-0.39, 0.29) is 19.2 Å². The van der Waals surface area contributed by atoms with Gasteiger partial charge in [-0.25, -0.2) is 0 Å². The van der Waals surface area contributed by atoms with Gasteiger partial charge in [-0.05, 0) is 24.3 Å². The van der Waals surface area contributed by atoms with Crippen LogP contribution in [0.3, 0.4) is 0 Å². The number of hydrogen-bond donors (Lipinski definition) is 2. The second-order valence-electron chi connectivity index (χ2n) is 4.59. The van der Waals surface area contributed by atoms with Crippen LogP contribution in [0.15, 0.2) is 40.9 Å². The molecule has 2 aromatic rings. The number of fused-ring (bicyclic) bond motifs is 1. The van der Waals surface area contributed by atoms with Gasteiger partial charge in [0, 0.05) is 22.3 Å². The molecule has 0 saturated carbocycles. The van der Waals surface area contributed by atoms with E-state index in [1.54, 1.807) is 12.1 Å². The van der Waals surface area contributed by atoms with Crippen molar-refractivity contribution in [3.8, 4) is 11.5 Å². The molecule has 3 rings (SSSR count). The van der Waals surface area contributed by atoms with E-state index < -0.39 is 0 Å². The van der Waals surface area contributed by atoms with Crippen molar-refractivity contribution in [1.82, 2.24) is 0 Å². The Bertz CT molecular complexity index is 707. The Morgan fingerprint density at radius 3 is 2.59 bits per heavy atom. The Labute approximate surface area is 140 Å². The summed E-state index contributed by atoms with van der Waals surface area (Å²) in [7, 11) is 0. The summed E-state index contributed by atoms with van der Waals surface area (Å²) in [6.07, 6.45) is 0. The van der Waals surface area contributed by atoms with E-state index in [0.29, 0.717) is 22.2 Å². The molecule has 0 spiro atoms. The summed E-state index contributed by atoms with van der Waals surface area (Å²) >= 11 is 9.47. The monoisotopic (exact) mass is 382 g/mol. The summed E-state index contributed by atoms with van der Waals surface area (Å²) in [5.41, 5.74) is 1.35. The fourth-order valence-corrected chi connectivity index (χ4v) is 2.42. The third kappa shape index (κ3) is 3.45. The fraction of sp³-hybridized carbons (Fsp3) is 0.133. The van der Waals surface area contributed by atoms with Crippen molar-refractivity contribution in [2.24, 2.45) is 0 Å². The molecule has 1 aliphatic heterocycles. The molecule has 0 fully saturated rings. The maximum absolute atomic E-state index is 12.0. The number of rotatable bonds is 4. The molecule has 0 unspecified atom stereocenters. The summed E-state index contributed by atoms with van der Waals surface area (Å²) in [5.74, 6) is 0.945. The van der Waals surface area contributed by atoms with Crippen molar-refractivity contribution in [2.75, 3.05) is 24.0 Å². The number of carbonyl (C=O) groups is 1. The van der Waals surface area contributed by atoms with Gasteiger partial charge in [-0.15, -0.1) is 0 Å². The Morgan fingerprint density at radius 2 is 1.86 bits per heavy atom. The highest BCUT2D eigenvalue weighted by Gasteiger charge is 2.17. The molecule has 7 heteroatoms. The van der Waals surface area contributed by atoms with E-state index in [1.807, 2.05) is 24.3 Å². The molecule has 0 atom stereocenters. The first-order valence-electron chi connectivity index (χ1n) is 6.50. The number of nitrogens with one attached hydrogen (secondary N) is 2. The first kappa shape index (κ1) is 15.0. The number of ether oxygens (including phenoxy) is 2. The molecule has 0 saturated heterocycles. The van der Waals surface area contributed by atoms with Gasteiger partial charge < -0.3 is 20.1 Å². The highest BCUT2D eigenvalue weighted by Crippen LogP contribution is 2.39. The fourth-order valence-electron chi connectivity index (χ4n) is 1.96. The van der Waals surface area contributed by atoms with Crippen LogP contribution < -0.4 is 20.1 Å². The van der Waals surface area contributed by atoms with Crippen molar-refractivity contribution in [3.05, 3.63) is 45.9 Å². The van der Waals surface area contributed by atoms with E-state index in [4.69, 9.17) is 21.1 Å². The largest absolute Gasteiger partial charge is 0.454 e. The smallest absolute Gasteiger partial charge is 0.243 e. The molecule has 2 N–H and O–H groups in total. The molecular weight excluding hydrogens is 372 g/mol. The number of carbonyl (C=O) groups excluding carboxylic acids is 1. The lowest BCUT2D eigenvalue weighted by Crippen LogP contribution is -2.21. The average molecular weight is 384 g/mol. The Hall–Kier alpha value is -1.92. The topological polar surface area (TPSA) is 59.6 Å². The highest BCUT2D eigenvalue weighted by molar-refractivity contribution is 9.10. The molecule has 22 heavy (non-hydrogen) atoms. The Kier molecular flexibility index (Phi) is 4.40. The van der Waals surface area contributed by atoms with E-state index >= 15 is 0 Å². The minimum absolute atomic E-state index is 0.131. The van der Waals surface area contributed by atoms with Crippen LogP contribution in [-0.2, 0) is 4.79 Å². The predicted molar refractivity (Wildman–Crippen MR) is 88.8 cm³/mol. The van der Waals surface area contributed by atoms with Gasteiger partial charge in [0.2, 0.25) is 12.7 Å². The van der Waals surface area contributed by atoms with Crippen molar-refractivity contribution >= 4 is 44.8 Å². The lowest BCUT2D eigenvalue weighted by Gasteiger charge is -2.10. The van der Waals surface area contributed by atoms with E-state index in [0.717, 1.165) is 10.2 Å².